The first-order chi connectivity index (χ1) is 8.74. The Kier molecular flexibility index (Phi) is 3.73. The molecule has 0 radical (unpaired) electrons. The van der Waals surface area contributed by atoms with Crippen molar-refractivity contribution in [3.8, 4) is 5.69 Å². The molecule has 0 aliphatic rings. The minimum Gasteiger partial charge on any atom is -0.313 e. The summed E-state index contributed by atoms with van der Waals surface area (Å²) in [6, 6.07) is 8.96. The van der Waals surface area contributed by atoms with Crippen LogP contribution in [0.5, 0.6) is 0 Å². The zero-order chi connectivity index (χ0) is 13.0. The van der Waals surface area contributed by atoms with E-state index in [4.69, 9.17) is 0 Å². The molecule has 0 spiro atoms. The number of aromatic nitrogens is 2. The van der Waals surface area contributed by atoms with Gasteiger partial charge in [-0.3, -0.25) is 9.59 Å². The van der Waals surface area contributed by atoms with Crippen molar-refractivity contribution in [2.24, 2.45) is 0 Å². The summed E-state index contributed by atoms with van der Waals surface area (Å²) in [4.78, 5) is 20.9. The fourth-order valence-corrected chi connectivity index (χ4v) is 1.87. The molecule has 7 heteroatoms. The van der Waals surface area contributed by atoms with Gasteiger partial charge in [0, 0.05) is 10.5 Å². The normalized spacial score (nSPS) is 9.83. The highest BCUT2D eigenvalue weighted by atomic mass is 79.9. The Balaban J connectivity index is 2.47. The maximum Gasteiger partial charge on any atom is 0.212 e. The van der Waals surface area contributed by atoms with Crippen molar-refractivity contribution in [1.29, 1.82) is 0 Å². The third-order valence-corrected chi connectivity index (χ3v) is 2.67. The lowest BCUT2D eigenvalue weighted by Crippen LogP contribution is -2.04. The molecule has 1 heterocycles. The van der Waals surface area contributed by atoms with E-state index in [2.05, 4.69) is 31.7 Å². The number of halogens is 1. The monoisotopic (exact) mass is 308 g/mol. The highest BCUT2D eigenvalue weighted by molar-refractivity contribution is 9.10. The Bertz CT molecular complexity index is 582. The molecule has 2 N–H and O–H groups in total. The van der Waals surface area contributed by atoms with Gasteiger partial charge in [0.2, 0.25) is 12.8 Å². The van der Waals surface area contributed by atoms with E-state index in [1.165, 1.54) is 4.68 Å². The van der Waals surface area contributed by atoms with Gasteiger partial charge in [-0.1, -0.05) is 22.0 Å². The van der Waals surface area contributed by atoms with Crippen LogP contribution in [0.2, 0.25) is 0 Å². The summed E-state index contributed by atoms with van der Waals surface area (Å²) in [5.74, 6) is 0.821. The quantitative estimate of drug-likeness (QED) is 0.827. The largest absolute Gasteiger partial charge is 0.313 e. The van der Waals surface area contributed by atoms with E-state index in [1.807, 2.05) is 24.3 Å². The number of hydrogen-bond acceptors (Lipinski definition) is 3. The van der Waals surface area contributed by atoms with Gasteiger partial charge in [-0.2, -0.15) is 0 Å². The molecule has 18 heavy (non-hydrogen) atoms. The van der Waals surface area contributed by atoms with Crippen LogP contribution in [0.3, 0.4) is 0 Å². The molecule has 2 rings (SSSR count). The molecule has 1 aromatic heterocycles. The molecule has 0 aliphatic carbocycles. The third kappa shape index (κ3) is 2.57. The Labute approximate surface area is 111 Å². The number of carbonyl (C=O) groups excluding carboxylic acids is 2. The molecule has 0 saturated carbocycles. The number of rotatable bonds is 5. The molecule has 0 bridgehead atoms. The number of amides is 2. The summed E-state index contributed by atoms with van der Waals surface area (Å²) >= 11 is 3.36. The fraction of sp³-hybridized carbons (Fsp3) is 0. The molecule has 2 aromatic rings. The summed E-state index contributed by atoms with van der Waals surface area (Å²) in [7, 11) is 0. The molecule has 0 atom stereocenters. The topological polar surface area (TPSA) is 76.0 Å². The number of hydrogen-bond donors (Lipinski definition) is 2. The van der Waals surface area contributed by atoms with Crippen LogP contribution in [0.15, 0.2) is 34.8 Å². The third-order valence-electron chi connectivity index (χ3n) is 2.18. The summed E-state index contributed by atoms with van der Waals surface area (Å²) in [6.45, 7) is 0. The van der Waals surface area contributed by atoms with E-state index in [-0.39, 0.29) is 0 Å². The average molecular weight is 309 g/mol. The van der Waals surface area contributed by atoms with Crippen molar-refractivity contribution in [3.63, 3.8) is 0 Å². The van der Waals surface area contributed by atoms with Crippen molar-refractivity contribution < 1.29 is 9.59 Å². The van der Waals surface area contributed by atoms with E-state index in [1.54, 1.807) is 6.07 Å². The zero-order valence-corrected chi connectivity index (χ0v) is 10.7. The van der Waals surface area contributed by atoms with Gasteiger partial charge in [-0.15, -0.1) is 5.10 Å². The molecule has 92 valence electrons. The van der Waals surface area contributed by atoms with Crippen LogP contribution in [0.4, 0.5) is 11.6 Å². The van der Waals surface area contributed by atoms with E-state index in [0.29, 0.717) is 24.5 Å². The fourth-order valence-electron chi connectivity index (χ4n) is 1.48. The Morgan fingerprint density at radius 1 is 1.17 bits per heavy atom. The summed E-state index contributed by atoms with van der Waals surface area (Å²) in [5.41, 5.74) is 0.757. The van der Waals surface area contributed by atoms with Gasteiger partial charge in [-0.25, -0.2) is 4.68 Å². The number of benzene rings is 1. The molecule has 1 aromatic carbocycles. The molecular formula is C11H9BrN4O2. The van der Waals surface area contributed by atoms with E-state index < -0.39 is 0 Å². The van der Waals surface area contributed by atoms with Gasteiger partial charge in [0.25, 0.3) is 0 Å². The van der Waals surface area contributed by atoms with Crippen molar-refractivity contribution in [2.45, 2.75) is 0 Å². The first-order valence-corrected chi connectivity index (χ1v) is 5.80. The molecule has 2 amide bonds. The lowest BCUT2D eigenvalue weighted by Gasteiger charge is -2.05. The van der Waals surface area contributed by atoms with E-state index in [0.717, 1.165) is 10.2 Å². The first kappa shape index (κ1) is 12.3. The van der Waals surface area contributed by atoms with Gasteiger partial charge in [0.15, 0.2) is 5.82 Å². The lowest BCUT2D eigenvalue weighted by atomic mass is 10.3. The van der Waals surface area contributed by atoms with Gasteiger partial charge in [0.1, 0.15) is 5.82 Å². The number of nitrogens with zero attached hydrogens (tertiary/aromatic N) is 2. The highest BCUT2D eigenvalue weighted by Crippen LogP contribution is 2.21. The Morgan fingerprint density at radius 2 is 1.94 bits per heavy atom. The summed E-state index contributed by atoms with van der Waals surface area (Å²) in [6.07, 6.45) is 1.08. The maximum atomic E-state index is 10.5. The van der Waals surface area contributed by atoms with Crippen LogP contribution in [-0.4, -0.2) is 22.6 Å². The van der Waals surface area contributed by atoms with E-state index in [9.17, 15) is 9.59 Å². The second kappa shape index (κ2) is 5.46. The second-order valence-electron chi connectivity index (χ2n) is 3.33. The molecule has 6 nitrogen and oxygen atoms in total. The van der Waals surface area contributed by atoms with Crippen LogP contribution in [0.25, 0.3) is 5.69 Å². The number of anilines is 2. The zero-order valence-electron chi connectivity index (χ0n) is 9.13. The second-order valence-corrected chi connectivity index (χ2v) is 4.25. The number of carbonyl (C=O) groups is 2. The van der Waals surface area contributed by atoms with Crippen LogP contribution < -0.4 is 10.6 Å². The number of nitrogens with one attached hydrogen (secondary N) is 2. The smallest absolute Gasteiger partial charge is 0.212 e. The Morgan fingerprint density at radius 3 is 2.61 bits per heavy atom. The van der Waals surface area contributed by atoms with Crippen LogP contribution in [0, 0.1) is 0 Å². The predicted octanol–water partition coefficient (Wildman–Crippen LogP) is 1.77. The Hall–Kier alpha value is -2.15. The first-order valence-electron chi connectivity index (χ1n) is 5.01. The predicted molar refractivity (Wildman–Crippen MR) is 70.6 cm³/mol. The molecule has 0 saturated heterocycles. The maximum absolute atomic E-state index is 10.5. The minimum atomic E-state index is 0.356. The van der Waals surface area contributed by atoms with Crippen molar-refractivity contribution in [1.82, 2.24) is 9.78 Å². The SMILES string of the molecule is O=CNc1cc(NC=O)n(-c2cccc(Br)c2)n1. The highest BCUT2D eigenvalue weighted by Gasteiger charge is 2.09. The van der Waals surface area contributed by atoms with Gasteiger partial charge in [0.05, 0.1) is 5.69 Å². The van der Waals surface area contributed by atoms with E-state index >= 15 is 0 Å². The minimum absolute atomic E-state index is 0.356. The van der Waals surface area contributed by atoms with Crippen LogP contribution >= 0.6 is 15.9 Å². The van der Waals surface area contributed by atoms with Gasteiger partial charge < -0.3 is 10.6 Å². The van der Waals surface area contributed by atoms with Gasteiger partial charge in [-0.05, 0) is 18.2 Å². The standard InChI is InChI=1S/C11H9BrN4O2/c12-8-2-1-3-9(4-8)16-11(14-7-18)5-10(15-16)13-6-17/h1-7H,(H,14,18)(H,13,15,17). The van der Waals surface area contributed by atoms with Crippen LogP contribution in [0.1, 0.15) is 0 Å². The molecule has 0 fully saturated rings. The lowest BCUT2D eigenvalue weighted by molar-refractivity contribution is -0.106. The molecule has 0 unspecified atom stereocenters. The summed E-state index contributed by atoms with van der Waals surface area (Å²) in [5, 5.41) is 9.11. The summed E-state index contributed by atoms with van der Waals surface area (Å²) < 4.78 is 2.41. The van der Waals surface area contributed by atoms with Crippen molar-refractivity contribution in [3.05, 3.63) is 34.8 Å². The van der Waals surface area contributed by atoms with Crippen LogP contribution in [-0.2, 0) is 9.59 Å². The average Bonchev–Trinajstić information content (AvgIpc) is 2.73. The molecular weight excluding hydrogens is 300 g/mol. The van der Waals surface area contributed by atoms with Crippen molar-refractivity contribution >= 4 is 40.4 Å². The van der Waals surface area contributed by atoms with Crippen molar-refractivity contribution in [2.75, 3.05) is 10.6 Å². The van der Waals surface area contributed by atoms with Gasteiger partial charge >= 0.3 is 0 Å². The molecule has 0 aliphatic heterocycles.